The average molecular weight is 317 g/mol. The Kier molecular flexibility index (Phi) is 4.38. The molecule has 2 aromatic rings. The highest BCUT2D eigenvalue weighted by Crippen LogP contribution is 2.19. The van der Waals surface area contributed by atoms with Gasteiger partial charge in [-0.2, -0.15) is 5.10 Å². The molecular formula is C16H20FN5O. The minimum atomic E-state index is -0.642. The number of rotatable bonds is 5. The van der Waals surface area contributed by atoms with Gasteiger partial charge in [0.05, 0.1) is 6.54 Å². The summed E-state index contributed by atoms with van der Waals surface area (Å²) >= 11 is 0. The lowest BCUT2D eigenvalue weighted by molar-refractivity contribution is -0.120. The molecule has 122 valence electrons. The molecule has 1 aromatic carbocycles. The van der Waals surface area contributed by atoms with Crippen LogP contribution in [0, 0.1) is 5.82 Å². The number of hydrogen-bond acceptors (Lipinski definition) is 4. The summed E-state index contributed by atoms with van der Waals surface area (Å²) in [5, 5.41) is 7.73. The third-order valence-corrected chi connectivity index (χ3v) is 4.11. The fourth-order valence-electron chi connectivity index (χ4n) is 2.88. The van der Waals surface area contributed by atoms with E-state index < -0.39 is 11.9 Å². The maximum atomic E-state index is 13.1. The normalized spacial score (nSPS) is 18.4. The number of carbonyl (C=O) groups is 1. The first-order chi connectivity index (χ1) is 11.1. The quantitative estimate of drug-likeness (QED) is 0.865. The molecule has 0 bridgehead atoms. The topological polar surface area (TPSA) is 85.8 Å². The van der Waals surface area contributed by atoms with Gasteiger partial charge < -0.3 is 5.73 Å². The molecule has 0 radical (unpaired) electrons. The summed E-state index contributed by atoms with van der Waals surface area (Å²) in [5.41, 5.74) is 6.18. The Labute approximate surface area is 133 Å². The van der Waals surface area contributed by atoms with Crippen LogP contribution in [-0.4, -0.2) is 26.7 Å². The Morgan fingerprint density at radius 2 is 2.22 bits per heavy atom. The van der Waals surface area contributed by atoms with Crippen LogP contribution in [0.5, 0.6) is 0 Å². The zero-order valence-corrected chi connectivity index (χ0v) is 13.0. The van der Waals surface area contributed by atoms with Crippen LogP contribution in [-0.2, 0) is 24.2 Å². The second-order valence-electron chi connectivity index (χ2n) is 5.77. The van der Waals surface area contributed by atoms with Gasteiger partial charge in [-0.1, -0.05) is 19.1 Å². The number of nitrogens with two attached hydrogens (primary N) is 1. The number of carbonyl (C=O) groups excluding carboxylic acids is 1. The van der Waals surface area contributed by atoms with E-state index in [-0.39, 0.29) is 11.9 Å². The molecule has 0 fully saturated rings. The maximum Gasteiger partial charge on any atom is 0.239 e. The number of aryl methyl sites for hydroxylation is 2. The van der Waals surface area contributed by atoms with Crippen molar-refractivity contribution in [3.05, 3.63) is 47.3 Å². The van der Waals surface area contributed by atoms with Crippen LogP contribution in [0.15, 0.2) is 24.3 Å². The van der Waals surface area contributed by atoms with Crippen LogP contribution in [0.25, 0.3) is 0 Å². The molecular weight excluding hydrogens is 297 g/mol. The SMILES string of the molecule is CCc1nc2n(n1)CC(NC(C(N)=O)c1ccc(F)cc1)CC2. The molecule has 1 amide bonds. The Morgan fingerprint density at radius 1 is 1.48 bits per heavy atom. The number of primary amides is 1. The van der Waals surface area contributed by atoms with E-state index in [4.69, 9.17) is 5.73 Å². The van der Waals surface area contributed by atoms with Gasteiger partial charge in [0.1, 0.15) is 17.7 Å². The highest BCUT2D eigenvalue weighted by molar-refractivity contribution is 5.81. The first kappa shape index (κ1) is 15.6. The van der Waals surface area contributed by atoms with Gasteiger partial charge in [0, 0.05) is 18.9 Å². The smallest absolute Gasteiger partial charge is 0.239 e. The Morgan fingerprint density at radius 3 is 2.87 bits per heavy atom. The number of hydrogen-bond donors (Lipinski definition) is 2. The van der Waals surface area contributed by atoms with Crippen molar-refractivity contribution < 1.29 is 9.18 Å². The van der Waals surface area contributed by atoms with E-state index in [1.165, 1.54) is 12.1 Å². The Balaban J connectivity index is 1.74. The van der Waals surface area contributed by atoms with Gasteiger partial charge >= 0.3 is 0 Å². The van der Waals surface area contributed by atoms with Gasteiger partial charge in [0.15, 0.2) is 5.82 Å². The van der Waals surface area contributed by atoms with Crippen LogP contribution in [0.4, 0.5) is 4.39 Å². The average Bonchev–Trinajstić information content (AvgIpc) is 2.95. The van der Waals surface area contributed by atoms with E-state index in [1.807, 2.05) is 11.6 Å². The summed E-state index contributed by atoms with van der Waals surface area (Å²) in [7, 11) is 0. The van der Waals surface area contributed by atoms with Gasteiger partial charge in [-0.25, -0.2) is 14.1 Å². The molecule has 7 heteroatoms. The van der Waals surface area contributed by atoms with E-state index in [9.17, 15) is 9.18 Å². The summed E-state index contributed by atoms with van der Waals surface area (Å²) < 4.78 is 14.9. The predicted octanol–water partition coefficient (Wildman–Crippen LogP) is 1.11. The summed E-state index contributed by atoms with van der Waals surface area (Å²) in [6.45, 7) is 2.67. The van der Waals surface area contributed by atoms with E-state index in [2.05, 4.69) is 15.4 Å². The van der Waals surface area contributed by atoms with Crippen molar-refractivity contribution in [3.8, 4) is 0 Å². The molecule has 0 aliphatic carbocycles. The van der Waals surface area contributed by atoms with Crippen LogP contribution in [0.3, 0.4) is 0 Å². The van der Waals surface area contributed by atoms with Crippen LogP contribution < -0.4 is 11.1 Å². The molecule has 1 aromatic heterocycles. The van der Waals surface area contributed by atoms with E-state index in [0.717, 1.165) is 30.9 Å². The third-order valence-electron chi connectivity index (χ3n) is 4.11. The van der Waals surface area contributed by atoms with Crippen molar-refractivity contribution in [2.75, 3.05) is 0 Å². The zero-order chi connectivity index (χ0) is 16.4. The number of amides is 1. The predicted molar refractivity (Wildman–Crippen MR) is 83.0 cm³/mol. The number of halogens is 1. The number of nitrogens with zero attached hydrogens (tertiary/aromatic N) is 3. The minimum Gasteiger partial charge on any atom is -0.368 e. The molecule has 0 spiro atoms. The number of benzene rings is 1. The van der Waals surface area contributed by atoms with Crippen LogP contribution >= 0.6 is 0 Å². The Hall–Kier alpha value is -2.28. The van der Waals surface area contributed by atoms with Crippen molar-refractivity contribution in [2.24, 2.45) is 5.73 Å². The minimum absolute atomic E-state index is 0.0662. The lowest BCUT2D eigenvalue weighted by Crippen LogP contribution is -2.44. The summed E-state index contributed by atoms with van der Waals surface area (Å²) in [4.78, 5) is 16.3. The van der Waals surface area contributed by atoms with E-state index in [0.29, 0.717) is 12.1 Å². The molecule has 23 heavy (non-hydrogen) atoms. The number of fused-ring (bicyclic) bond motifs is 1. The molecule has 2 atom stereocenters. The lowest BCUT2D eigenvalue weighted by Gasteiger charge is -2.27. The summed E-state index contributed by atoms with van der Waals surface area (Å²) in [5.74, 6) is 1.01. The monoisotopic (exact) mass is 317 g/mol. The number of nitrogens with one attached hydrogen (secondary N) is 1. The fourth-order valence-corrected chi connectivity index (χ4v) is 2.88. The molecule has 0 saturated carbocycles. The first-order valence-electron chi connectivity index (χ1n) is 7.80. The van der Waals surface area contributed by atoms with Crippen molar-refractivity contribution in [1.29, 1.82) is 0 Å². The third kappa shape index (κ3) is 3.39. The second kappa shape index (κ2) is 6.45. The van der Waals surface area contributed by atoms with E-state index >= 15 is 0 Å². The van der Waals surface area contributed by atoms with Gasteiger partial charge in [0.2, 0.25) is 5.91 Å². The van der Waals surface area contributed by atoms with Gasteiger partial charge in [-0.3, -0.25) is 10.1 Å². The largest absolute Gasteiger partial charge is 0.368 e. The highest BCUT2D eigenvalue weighted by atomic mass is 19.1. The zero-order valence-electron chi connectivity index (χ0n) is 13.0. The maximum absolute atomic E-state index is 13.1. The standard InChI is InChI=1S/C16H20FN5O/c1-2-13-20-14-8-7-12(9-22(14)21-13)19-15(16(18)23)10-3-5-11(17)6-4-10/h3-6,12,15,19H,2,7-9H2,1H3,(H2,18,23). The van der Waals surface area contributed by atoms with Crippen molar-refractivity contribution >= 4 is 5.91 Å². The molecule has 6 nitrogen and oxygen atoms in total. The first-order valence-corrected chi connectivity index (χ1v) is 7.80. The van der Waals surface area contributed by atoms with Crippen LogP contribution in [0.1, 0.15) is 36.6 Å². The number of aromatic nitrogens is 3. The molecule has 1 aliphatic heterocycles. The molecule has 3 N–H and O–H groups in total. The van der Waals surface area contributed by atoms with Gasteiger partial charge in [0.25, 0.3) is 0 Å². The van der Waals surface area contributed by atoms with Crippen molar-refractivity contribution in [1.82, 2.24) is 20.1 Å². The Bertz CT molecular complexity index is 697. The molecule has 1 aliphatic rings. The summed E-state index contributed by atoms with van der Waals surface area (Å²) in [6.07, 6.45) is 2.46. The van der Waals surface area contributed by atoms with Gasteiger partial charge in [-0.05, 0) is 24.1 Å². The fraction of sp³-hybridized carbons (Fsp3) is 0.438. The molecule has 2 unspecified atom stereocenters. The lowest BCUT2D eigenvalue weighted by atomic mass is 10.0. The van der Waals surface area contributed by atoms with Crippen LogP contribution in [0.2, 0.25) is 0 Å². The van der Waals surface area contributed by atoms with Gasteiger partial charge in [-0.15, -0.1) is 0 Å². The molecule has 0 saturated heterocycles. The summed E-state index contributed by atoms with van der Waals surface area (Å²) in [6, 6.07) is 5.24. The highest BCUT2D eigenvalue weighted by Gasteiger charge is 2.26. The van der Waals surface area contributed by atoms with Crippen molar-refractivity contribution in [2.45, 2.75) is 44.8 Å². The molecule has 3 rings (SSSR count). The molecule has 2 heterocycles. The second-order valence-corrected chi connectivity index (χ2v) is 5.77. The van der Waals surface area contributed by atoms with Crippen molar-refractivity contribution in [3.63, 3.8) is 0 Å². The van der Waals surface area contributed by atoms with E-state index in [1.54, 1.807) is 12.1 Å².